The molecule has 0 amide bonds. The largest absolute Gasteiger partial charge is 0.231 e. The molecule has 0 unspecified atom stereocenters. The maximum Gasteiger partial charge on any atom is 0.231 e. The van der Waals surface area contributed by atoms with Gasteiger partial charge in [0.2, 0.25) is 6.08 Å². The molecule has 1 rings (SSSR count). The molecule has 0 aromatic heterocycles. The standard InChI is InChI=1S/C11H16.CHNO/c1-2-3-5-8-11-9-6-4-7-10-11;2-1-3/h4,6-7,9-10H,2-3,5,8H2,1H3;2H. The van der Waals surface area contributed by atoms with E-state index in [0.717, 1.165) is 6.08 Å². The number of nitrogens with one attached hydrogen (secondary N) is 1. The van der Waals surface area contributed by atoms with E-state index in [2.05, 4.69) is 37.3 Å². The minimum Gasteiger partial charge on any atom is -0.222 e. The molecule has 0 saturated carbocycles. The maximum absolute atomic E-state index is 8.35. The first kappa shape index (κ1) is 12.6. The first-order valence-electron chi connectivity index (χ1n) is 4.93. The Morgan fingerprint density at radius 3 is 2.29 bits per heavy atom. The molecule has 0 saturated heterocycles. The molecule has 2 nitrogen and oxygen atoms in total. The summed E-state index contributed by atoms with van der Waals surface area (Å²) < 4.78 is 0. The molecule has 0 bridgehead atoms. The summed E-state index contributed by atoms with van der Waals surface area (Å²) in [5.41, 5.74) is 1.47. The summed E-state index contributed by atoms with van der Waals surface area (Å²) in [6, 6.07) is 10.7. The summed E-state index contributed by atoms with van der Waals surface area (Å²) in [6.07, 6.45) is 6.00. The third kappa shape index (κ3) is 7.26. The average Bonchev–Trinajstić information content (AvgIpc) is 2.21. The van der Waals surface area contributed by atoms with Crippen LogP contribution in [-0.4, -0.2) is 6.08 Å². The Bertz CT molecular complexity index is 250. The first-order chi connectivity index (χ1) is 6.85. The number of aryl methyl sites for hydroxylation is 1. The molecule has 0 atom stereocenters. The maximum atomic E-state index is 8.35. The van der Waals surface area contributed by atoms with Gasteiger partial charge in [-0.15, -0.1) is 0 Å². The molecule has 0 aliphatic heterocycles. The van der Waals surface area contributed by atoms with Crippen molar-refractivity contribution in [3.63, 3.8) is 0 Å². The minimum atomic E-state index is 0.750. The van der Waals surface area contributed by atoms with Crippen molar-refractivity contribution in [2.24, 2.45) is 0 Å². The lowest BCUT2D eigenvalue weighted by Crippen LogP contribution is -1.83. The molecule has 1 N–H and O–H groups in total. The number of hydrogen-bond acceptors (Lipinski definition) is 2. The Kier molecular flexibility index (Phi) is 8.72. The predicted octanol–water partition coefficient (Wildman–Crippen LogP) is 3.32. The van der Waals surface area contributed by atoms with Crippen LogP contribution in [0, 0.1) is 5.41 Å². The van der Waals surface area contributed by atoms with Gasteiger partial charge in [-0.1, -0.05) is 50.1 Å². The number of isocyanates is 1. The number of carbonyl (C=O) groups excluding carboxylic acids is 1. The van der Waals surface area contributed by atoms with Crippen LogP contribution in [0.3, 0.4) is 0 Å². The fourth-order valence-electron chi connectivity index (χ4n) is 1.22. The van der Waals surface area contributed by atoms with Gasteiger partial charge in [-0.3, -0.25) is 0 Å². The van der Waals surface area contributed by atoms with Crippen LogP contribution in [0.15, 0.2) is 30.3 Å². The summed E-state index contributed by atoms with van der Waals surface area (Å²) in [6.45, 7) is 2.24. The summed E-state index contributed by atoms with van der Waals surface area (Å²) in [4.78, 5) is 8.35. The van der Waals surface area contributed by atoms with Crippen molar-refractivity contribution in [1.82, 2.24) is 0 Å². The lowest BCUT2D eigenvalue weighted by Gasteiger charge is -1.98. The van der Waals surface area contributed by atoms with E-state index in [9.17, 15) is 0 Å². The van der Waals surface area contributed by atoms with E-state index in [1.54, 1.807) is 0 Å². The van der Waals surface area contributed by atoms with Crippen molar-refractivity contribution >= 4 is 6.08 Å². The highest BCUT2D eigenvalue weighted by Crippen LogP contribution is 2.05. The monoisotopic (exact) mass is 191 g/mol. The quantitative estimate of drug-likeness (QED) is 0.442. The van der Waals surface area contributed by atoms with Crippen molar-refractivity contribution in [2.75, 3.05) is 0 Å². The van der Waals surface area contributed by atoms with Gasteiger partial charge in [0.15, 0.2) is 0 Å². The smallest absolute Gasteiger partial charge is 0.222 e. The Morgan fingerprint density at radius 1 is 1.21 bits per heavy atom. The number of rotatable bonds is 4. The van der Waals surface area contributed by atoms with Crippen LogP contribution in [0.5, 0.6) is 0 Å². The molecule has 0 fully saturated rings. The molecule has 76 valence electrons. The molecular weight excluding hydrogens is 174 g/mol. The summed E-state index contributed by atoms with van der Waals surface area (Å²) in [5, 5.41) is 5.40. The third-order valence-corrected chi connectivity index (χ3v) is 1.91. The van der Waals surface area contributed by atoms with E-state index in [1.807, 2.05) is 0 Å². The first-order valence-corrected chi connectivity index (χ1v) is 4.93. The highest BCUT2D eigenvalue weighted by molar-refractivity contribution is 5.26. The van der Waals surface area contributed by atoms with Crippen LogP contribution in [-0.2, 0) is 11.2 Å². The van der Waals surface area contributed by atoms with Crippen molar-refractivity contribution in [1.29, 1.82) is 5.41 Å². The third-order valence-electron chi connectivity index (χ3n) is 1.91. The minimum absolute atomic E-state index is 0.750. The summed E-state index contributed by atoms with van der Waals surface area (Å²) in [5.74, 6) is 0. The van der Waals surface area contributed by atoms with Crippen molar-refractivity contribution in [3.05, 3.63) is 35.9 Å². The second kappa shape index (κ2) is 9.69. The highest BCUT2D eigenvalue weighted by Gasteiger charge is 1.89. The fourth-order valence-corrected chi connectivity index (χ4v) is 1.22. The Morgan fingerprint density at radius 2 is 1.79 bits per heavy atom. The normalized spacial score (nSPS) is 8.36. The van der Waals surface area contributed by atoms with Gasteiger partial charge in [-0.2, -0.15) is 0 Å². The molecule has 1 aromatic carbocycles. The summed E-state index contributed by atoms with van der Waals surface area (Å²) in [7, 11) is 0. The zero-order valence-electron chi connectivity index (χ0n) is 8.62. The molecular formula is C12H17NO. The van der Waals surface area contributed by atoms with Gasteiger partial charge in [-0.05, 0) is 18.4 Å². The fraction of sp³-hybridized carbons (Fsp3) is 0.417. The van der Waals surface area contributed by atoms with Crippen LogP contribution in [0.1, 0.15) is 31.7 Å². The predicted molar refractivity (Wildman–Crippen MR) is 58.1 cm³/mol. The molecule has 0 spiro atoms. The highest BCUT2D eigenvalue weighted by atomic mass is 16.1. The summed E-state index contributed by atoms with van der Waals surface area (Å²) >= 11 is 0. The van der Waals surface area contributed by atoms with Crippen LogP contribution in [0.25, 0.3) is 0 Å². The van der Waals surface area contributed by atoms with E-state index < -0.39 is 0 Å². The lowest BCUT2D eigenvalue weighted by atomic mass is 10.1. The second-order valence-corrected chi connectivity index (χ2v) is 3.04. The average molecular weight is 191 g/mol. The zero-order valence-corrected chi connectivity index (χ0v) is 8.62. The Labute approximate surface area is 85.5 Å². The van der Waals surface area contributed by atoms with Crippen molar-refractivity contribution in [3.8, 4) is 0 Å². The molecule has 0 aliphatic rings. The Balaban J connectivity index is 0.000000500. The SMILES string of the molecule is CCCCCc1ccccc1.N=C=O. The van der Waals surface area contributed by atoms with Crippen LogP contribution < -0.4 is 0 Å². The van der Waals surface area contributed by atoms with Gasteiger partial charge in [0.1, 0.15) is 0 Å². The number of benzene rings is 1. The van der Waals surface area contributed by atoms with Gasteiger partial charge in [0, 0.05) is 0 Å². The number of hydrogen-bond donors (Lipinski definition) is 1. The van der Waals surface area contributed by atoms with Crippen molar-refractivity contribution in [2.45, 2.75) is 32.6 Å². The molecule has 14 heavy (non-hydrogen) atoms. The lowest BCUT2D eigenvalue weighted by molar-refractivity contribution is 0.563. The topological polar surface area (TPSA) is 40.9 Å². The molecule has 0 heterocycles. The van der Waals surface area contributed by atoms with Gasteiger partial charge < -0.3 is 0 Å². The van der Waals surface area contributed by atoms with E-state index in [-0.39, 0.29) is 0 Å². The molecule has 2 heteroatoms. The van der Waals surface area contributed by atoms with E-state index in [4.69, 9.17) is 10.2 Å². The zero-order chi connectivity index (χ0) is 10.6. The van der Waals surface area contributed by atoms with Gasteiger partial charge in [-0.25, -0.2) is 10.2 Å². The number of unbranched alkanes of at least 4 members (excludes halogenated alkanes) is 2. The second-order valence-electron chi connectivity index (χ2n) is 3.04. The van der Waals surface area contributed by atoms with E-state index in [0.29, 0.717) is 0 Å². The van der Waals surface area contributed by atoms with Crippen LogP contribution >= 0.6 is 0 Å². The molecule has 1 aromatic rings. The van der Waals surface area contributed by atoms with E-state index in [1.165, 1.54) is 31.2 Å². The van der Waals surface area contributed by atoms with Crippen LogP contribution in [0.2, 0.25) is 0 Å². The van der Waals surface area contributed by atoms with Crippen LogP contribution in [0.4, 0.5) is 0 Å². The Hall–Kier alpha value is -1.40. The van der Waals surface area contributed by atoms with Gasteiger partial charge >= 0.3 is 0 Å². The van der Waals surface area contributed by atoms with Crippen molar-refractivity contribution < 1.29 is 4.79 Å². The van der Waals surface area contributed by atoms with Gasteiger partial charge in [0.05, 0.1) is 0 Å². The molecule has 0 aliphatic carbocycles. The van der Waals surface area contributed by atoms with E-state index >= 15 is 0 Å². The van der Waals surface area contributed by atoms with Gasteiger partial charge in [0.25, 0.3) is 0 Å². The molecule has 0 radical (unpaired) electrons.